The zero-order valence-corrected chi connectivity index (χ0v) is 18.8. The number of rotatable bonds is 10. The van der Waals surface area contributed by atoms with E-state index in [4.69, 9.17) is 18.9 Å². The van der Waals surface area contributed by atoms with Gasteiger partial charge in [0.2, 0.25) is 0 Å². The molecule has 0 saturated carbocycles. The van der Waals surface area contributed by atoms with Gasteiger partial charge in [0.25, 0.3) is 0 Å². The van der Waals surface area contributed by atoms with Gasteiger partial charge in [-0.1, -0.05) is 45.2 Å². The van der Waals surface area contributed by atoms with E-state index in [-0.39, 0.29) is 0 Å². The average Bonchev–Trinajstić information content (AvgIpc) is 2.84. The van der Waals surface area contributed by atoms with Gasteiger partial charge < -0.3 is 18.9 Å². The van der Waals surface area contributed by atoms with Crippen molar-refractivity contribution in [2.75, 3.05) is 19.8 Å². The molecule has 0 aliphatic carbocycles. The lowest BCUT2D eigenvalue weighted by Gasteiger charge is -2.29. The van der Waals surface area contributed by atoms with Crippen LogP contribution in [0.2, 0.25) is 0 Å². The number of esters is 1. The fraction of sp³-hybridized carbons (Fsp3) is 0.462. The van der Waals surface area contributed by atoms with Crippen LogP contribution in [0.4, 0.5) is 0 Å². The molecule has 3 rings (SSSR count). The van der Waals surface area contributed by atoms with E-state index in [1.807, 2.05) is 19.1 Å². The molecule has 0 unspecified atom stereocenters. The van der Waals surface area contributed by atoms with Gasteiger partial charge in [-0.15, -0.1) is 0 Å². The lowest BCUT2D eigenvalue weighted by atomic mass is 10.0. The predicted molar refractivity (Wildman–Crippen MR) is 121 cm³/mol. The third kappa shape index (κ3) is 6.56. The quantitative estimate of drug-likeness (QED) is 0.265. The van der Waals surface area contributed by atoms with Crippen LogP contribution in [0.15, 0.2) is 42.5 Å². The van der Waals surface area contributed by atoms with Gasteiger partial charge in [-0.05, 0) is 37.1 Å². The number of hydrogen-bond acceptors (Lipinski definition) is 6. The molecule has 0 aromatic heterocycles. The summed E-state index contributed by atoms with van der Waals surface area (Å²) in [6, 6.07) is 13.9. The van der Waals surface area contributed by atoms with Gasteiger partial charge in [-0.2, -0.15) is 5.26 Å². The summed E-state index contributed by atoms with van der Waals surface area (Å²) in [4.78, 5) is 12.5. The highest BCUT2D eigenvalue weighted by Gasteiger charge is 2.23. The number of carbonyl (C=O) groups is 1. The summed E-state index contributed by atoms with van der Waals surface area (Å²) in [5.74, 6) is 0.736. The van der Waals surface area contributed by atoms with Crippen molar-refractivity contribution < 1.29 is 23.7 Å². The molecule has 1 fully saturated rings. The first-order chi connectivity index (χ1) is 15.6. The third-order valence-electron chi connectivity index (χ3n) is 5.34. The molecule has 0 atom stereocenters. The van der Waals surface area contributed by atoms with E-state index in [2.05, 4.69) is 13.0 Å². The summed E-state index contributed by atoms with van der Waals surface area (Å²) in [7, 11) is 0. The summed E-state index contributed by atoms with van der Waals surface area (Å²) in [5, 5.41) is 9.32. The van der Waals surface area contributed by atoms with E-state index in [0.29, 0.717) is 48.4 Å². The van der Waals surface area contributed by atoms with Gasteiger partial charge in [0.05, 0.1) is 30.9 Å². The highest BCUT2D eigenvalue weighted by molar-refractivity contribution is 5.91. The van der Waals surface area contributed by atoms with Crippen molar-refractivity contribution in [2.45, 2.75) is 52.2 Å². The van der Waals surface area contributed by atoms with E-state index in [0.717, 1.165) is 18.4 Å². The Morgan fingerprint density at radius 3 is 2.47 bits per heavy atom. The average molecular weight is 438 g/mol. The zero-order valence-electron chi connectivity index (χ0n) is 18.8. The maximum absolute atomic E-state index is 12.5. The van der Waals surface area contributed by atoms with Crippen LogP contribution in [0, 0.1) is 17.2 Å². The van der Waals surface area contributed by atoms with Crippen molar-refractivity contribution in [3.8, 4) is 17.6 Å². The summed E-state index contributed by atoms with van der Waals surface area (Å²) in [6.07, 6.45) is 5.23. The molecule has 0 radical (unpaired) electrons. The molecule has 1 aliphatic rings. The van der Waals surface area contributed by atoms with Crippen LogP contribution >= 0.6 is 0 Å². The van der Waals surface area contributed by atoms with E-state index in [1.165, 1.54) is 25.3 Å². The van der Waals surface area contributed by atoms with E-state index < -0.39 is 12.3 Å². The summed E-state index contributed by atoms with van der Waals surface area (Å²) >= 11 is 0. The molecule has 32 heavy (non-hydrogen) atoms. The smallest absolute Gasteiger partial charge is 0.343 e. The number of carbonyl (C=O) groups excluding carboxylic acids is 1. The Morgan fingerprint density at radius 2 is 1.81 bits per heavy atom. The Bertz CT molecular complexity index is 911. The highest BCUT2D eigenvalue weighted by atomic mass is 16.7. The maximum Gasteiger partial charge on any atom is 0.343 e. The van der Waals surface area contributed by atoms with Crippen LogP contribution < -0.4 is 9.47 Å². The van der Waals surface area contributed by atoms with E-state index in [1.54, 1.807) is 24.3 Å². The second kappa shape index (κ2) is 12.2. The monoisotopic (exact) mass is 437 g/mol. The van der Waals surface area contributed by atoms with Crippen LogP contribution in [0.25, 0.3) is 0 Å². The standard InChI is InChI=1S/C26H31NO5/c1-3-5-6-7-19-17-30-26(31-18-19)21-10-8-20(9-11-21)25(28)32-23-12-13-24(29-14-4-2)22(15-23)16-27/h8-13,15,19,26H,3-7,14,17-18H2,1-2H3. The Labute approximate surface area is 190 Å². The molecule has 1 heterocycles. The summed E-state index contributed by atoms with van der Waals surface area (Å²) in [5.41, 5.74) is 1.61. The Hall–Kier alpha value is -2.88. The lowest BCUT2D eigenvalue weighted by Crippen LogP contribution is -2.27. The summed E-state index contributed by atoms with van der Waals surface area (Å²) in [6.45, 7) is 6.10. The van der Waals surface area contributed by atoms with Crippen molar-refractivity contribution in [1.82, 2.24) is 0 Å². The van der Waals surface area contributed by atoms with Crippen LogP contribution in [0.3, 0.4) is 0 Å². The number of nitrogens with zero attached hydrogens (tertiary/aromatic N) is 1. The first kappa shape index (κ1) is 23.8. The molecule has 1 aliphatic heterocycles. The van der Waals surface area contributed by atoms with Crippen LogP contribution in [0.5, 0.6) is 11.5 Å². The normalized spacial score (nSPS) is 18.0. The zero-order chi connectivity index (χ0) is 22.8. The Kier molecular flexibility index (Phi) is 9.09. The Balaban J connectivity index is 1.55. The lowest BCUT2D eigenvalue weighted by molar-refractivity contribution is -0.206. The number of benzene rings is 2. The minimum Gasteiger partial charge on any atom is -0.492 e. The summed E-state index contributed by atoms with van der Waals surface area (Å²) < 4.78 is 22.8. The van der Waals surface area contributed by atoms with Crippen molar-refractivity contribution in [3.05, 3.63) is 59.2 Å². The third-order valence-corrected chi connectivity index (χ3v) is 5.34. The largest absolute Gasteiger partial charge is 0.492 e. The molecule has 2 aromatic rings. The molecule has 6 heteroatoms. The minimum absolute atomic E-state index is 0.299. The van der Waals surface area contributed by atoms with E-state index >= 15 is 0 Å². The maximum atomic E-state index is 12.5. The van der Waals surface area contributed by atoms with Gasteiger partial charge in [0.1, 0.15) is 17.6 Å². The van der Waals surface area contributed by atoms with Gasteiger partial charge in [0, 0.05) is 17.5 Å². The van der Waals surface area contributed by atoms with Gasteiger partial charge in [0.15, 0.2) is 6.29 Å². The molecule has 0 amide bonds. The first-order valence-corrected chi connectivity index (χ1v) is 11.4. The fourth-order valence-electron chi connectivity index (χ4n) is 3.53. The van der Waals surface area contributed by atoms with E-state index in [9.17, 15) is 10.1 Å². The number of nitriles is 1. The topological polar surface area (TPSA) is 77.8 Å². The molecule has 0 bridgehead atoms. The predicted octanol–water partition coefficient (Wildman–Crippen LogP) is 5.81. The van der Waals surface area contributed by atoms with Gasteiger partial charge >= 0.3 is 5.97 Å². The molecule has 0 spiro atoms. The first-order valence-electron chi connectivity index (χ1n) is 11.4. The molecule has 6 nitrogen and oxygen atoms in total. The molecule has 170 valence electrons. The second-order valence-corrected chi connectivity index (χ2v) is 7.99. The van der Waals surface area contributed by atoms with Crippen molar-refractivity contribution in [2.24, 2.45) is 5.92 Å². The number of unbranched alkanes of at least 4 members (excludes halogenated alkanes) is 2. The number of ether oxygens (including phenoxy) is 4. The molecule has 1 saturated heterocycles. The van der Waals surface area contributed by atoms with Crippen LogP contribution in [0.1, 0.15) is 73.7 Å². The second-order valence-electron chi connectivity index (χ2n) is 7.99. The highest BCUT2D eigenvalue weighted by Crippen LogP contribution is 2.28. The van der Waals surface area contributed by atoms with Crippen molar-refractivity contribution in [3.63, 3.8) is 0 Å². The van der Waals surface area contributed by atoms with Crippen LogP contribution in [-0.2, 0) is 9.47 Å². The minimum atomic E-state index is -0.496. The van der Waals surface area contributed by atoms with Gasteiger partial charge in [-0.25, -0.2) is 4.79 Å². The fourth-order valence-corrected chi connectivity index (χ4v) is 3.53. The van der Waals surface area contributed by atoms with Gasteiger partial charge in [-0.3, -0.25) is 0 Å². The van der Waals surface area contributed by atoms with Crippen molar-refractivity contribution in [1.29, 1.82) is 5.26 Å². The molecule has 0 N–H and O–H groups in total. The van der Waals surface area contributed by atoms with Crippen LogP contribution in [-0.4, -0.2) is 25.8 Å². The molecule has 2 aromatic carbocycles. The van der Waals surface area contributed by atoms with Crippen molar-refractivity contribution >= 4 is 5.97 Å². The molecular formula is C26H31NO5. The molecular weight excluding hydrogens is 406 g/mol. The Morgan fingerprint density at radius 1 is 1.06 bits per heavy atom. The SMILES string of the molecule is CCCCCC1COC(c2ccc(C(=O)Oc3ccc(OCCC)c(C#N)c3)cc2)OC1. The number of hydrogen-bond donors (Lipinski definition) is 0.